The standard InChI is InChI=1S/C26H31N7O2/c1-32(2)16-22(34)33-14-12-19(13-15-33)31-26-23(25(28)29-17-30-26)24(27)18-8-10-21(11-9-18)35-20-6-4-3-5-7-20/h3-11,17,19,27H,12-16H2,1-2H3,(H3,28,29,30,31). The summed E-state index contributed by atoms with van der Waals surface area (Å²) in [4.78, 5) is 24.6. The van der Waals surface area contributed by atoms with E-state index in [1.54, 1.807) is 0 Å². The van der Waals surface area contributed by atoms with Crippen LogP contribution >= 0.6 is 0 Å². The predicted octanol–water partition coefficient (Wildman–Crippen LogP) is 3.23. The number of benzene rings is 2. The molecule has 0 saturated carbocycles. The third-order valence-electron chi connectivity index (χ3n) is 5.89. The maximum Gasteiger partial charge on any atom is 0.236 e. The molecule has 3 aromatic rings. The van der Waals surface area contributed by atoms with Gasteiger partial charge in [-0.05, 0) is 63.3 Å². The number of piperidine rings is 1. The molecule has 1 amide bonds. The second kappa shape index (κ2) is 11.0. The molecule has 4 rings (SSSR count). The molecule has 1 aliphatic rings. The summed E-state index contributed by atoms with van der Waals surface area (Å²) in [6.07, 6.45) is 2.99. The van der Waals surface area contributed by atoms with Gasteiger partial charge in [0.25, 0.3) is 0 Å². The summed E-state index contributed by atoms with van der Waals surface area (Å²) in [6.45, 7) is 1.78. The van der Waals surface area contributed by atoms with Crippen LogP contribution in [0, 0.1) is 5.41 Å². The number of ether oxygens (including phenoxy) is 1. The molecule has 9 heteroatoms. The number of amides is 1. The van der Waals surface area contributed by atoms with Gasteiger partial charge >= 0.3 is 0 Å². The van der Waals surface area contributed by atoms with Crippen molar-refractivity contribution in [3.8, 4) is 11.5 Å². The van der Waals surface area contributed by atoms with Crippen LogP contribution in [-0.2, 0) is 4.79 Å². The highest BCUT2D eigenvalue weighted by molar-refractivity contribution is 6.16. The molecular formula is C26H31N7O2. The Morgan fingerprint density at radius 1 is 1.09 bits per heavy atom. The summed E-state index contributed by atoms with van der Waals surface area (Å²) in [5.74, 6) is 2.35. The molecule has 0 atom stereocenters. The Labute approximate surface area is 205 Å². The van der Waals surface area contributed by atoms with Gasteiger partial charge < -0.3 is 25.6 Å². The molecule has 1 fully saturated rings. The van der Waals surface area contributed by atoms with Gasteiger partial charge in [0.05, 0.1) is 17.8 Å². The molecule has 9 nitrogen and oxygen atoms in total. The summed E-state index contributed by atoms with van der Waals surface area (Å²) in [5.41, 5.74) is 7.57. The number of likely N-dealkylation sites (N-methyl/N-ethyl adjacent to an activating group) is 1. The Bertz CT molecular complexity index is 1160. The smallest absolute Gasteiger partial charge is 0.236 e. The van der Waals surface area contributed by atoms with E-state index in [1.807, 2.05) is 78.5 Å². The number of hydrogen-bond donors (Lipinski definition) is 3. The van der Waals surface area contributed by atoms with E-state index < -0.39 is 0 Å². The van der Waals surface area contributed by atoms with E-state index in [4.69, 9.17) is 15.9 Å². The molecule has 1 saturated heterocycles. The molecule has 0 spiro atoms. The topological polar surface area (TPSA) is 120 Å². The summed E-state index contributed by atoms with van der Waals surface area (Å²) >= 11 is 0. The number of likely N-dealkylation sites (tertiary alicyclic amines) is 1. The Morgan fingerprint density at radius 3 is 2.40 bits per heavy atom. The van der Waals surface area contributed by atoms with Crippen molar-refractivity contribution in [2.24, 2.45) is 0 Å². The van der Waals surface area contributed by atoms with Crippen LogP contribution in [0.15, 0.2) is 60.9 Å². The fraction of sp³-hybridized carbons (Fsp3) is 0.308. The van der Waals surface area contributed by atoms with Crippen molar-refractivity contribution >= 4 is 23.3 Å². The van der Waals surface area contributed by atoms with Crippen molar-refractivity contribution in [1.82, 2.24) is 19.8 Å². The highest BCUT2D eigenvalue weighted by atomic mass is 16.5. The molecular weight excluding hydrogens is 442 g/mol. The van der Waals surface area contributed by atoms with Crippen molar-refractivity contribution in [2.75, 3.05) is 44.8 Å². The van der Waals surface area contributed by atoms with Crippen molar-refractivity contribution in [2.45, 2.75) is 18.9 Å². The molecule has 2 heterocycles. The molecule has 0 bridgehead atoms. The average Bonchev–Trinajstić information content (AvgIpc) is 2.85. The summed E-state index contributed by atoms with van der Waals surface area (Å²) in [6, 6.07) is 17.0. The van der Waals surface area contributed by atoms with Crippen LogP contribution in [0.1, 0.15) is 24.0 Å². The van der Waals surface area contributed by atoms with Crippen LogP contribution in [0.3, 0.4) is 0 Å². The average molecular weight is 474 g/mol. The minimum Gasteiger partial charge on any atom is -0.457 e. The number of anilines is 2. The number of nitrogens with two attached hydrogens (primary N) is 1. The molecule has 0 radical (unpaired) electrons. The molecule has 0 unspecified atom stereocenters. The first-order valence-corrected chi connectivity index (χ1v) is 11.6. The molecule has 182 valence electrons. The maximum atomic E-state index is 12.3. The number of para-hydroxylation sites is 1. The minimum absolute atomic E-state index is 0.126. The number of nitrogen functional groups attached to an aromatic ring is 1. The monoisotopic (exact) mass is 473 g/mol. The maximum absolute atomic E-state index is 12.3. The molecule has 0 aliphatic carbocycles. The fourth-order valence-corrected chi connectivity index (χ4v) is 4.05. The Balaban J connectivity index is 1.44. The van der Waals surface area contributed by atoms with Gasteiger partial charge in [0.2, 0.25) is 5.91 Å². The first-order valence-electron chi connectivity index (χ1n) is 11.6. The lowest BCUT2D eigenvalue weighted by Crippen LogP contribution is -2.45. The molecule has 2 aromatic carbocycles. The number of nitrogens with zero attached hydrogens (tertiary/aromatic N) is 4. The summed E-state index contributed by atoms with van der Waals surface area (Å²) < 4.78 is 5.85. The second-order valence-electron chi connectivity index (χ2n) is 8.83. The van der Waals surface area contributed by atoms with Gasteiger partial charge in [0, 0.05) is 24.7 Å². The quantitative estimate of drug-likeness (QED) is 0.430. The van der Waals surface area contributed by atoms with Gasteiger partial charge in [-0.25, -0.2) is 9.97 Å². The van der Waals surface area contributed by atoms with E-state index in [9.17, 15) is 4.79 Å². The normalized spacial score (nSPS) is 14.1. The third-order valence-corrected chi connectivity index (χ3v) is 5.89. The predicted molar refractivity (Wildman–Crippen MR) is 137 cm³/mol. The van der Waals surface area contributed by atoms with Gasteiger partial charge in [-0.3, -0.25) is 10.2 Å². The van der Waals surface area contributed by atoms with Crippen LogP contribution in [0.5, 0.6) is 11.5 Å². The molecule has 1 aliphatic heterocycles. The molecule has 1 aromatic heterocycles. The first-order chi connectivity index (χ1) is 16.9. The largest absolute Gasteiger partial charge is 0.457 e. The van der Waals surface area contributed by atoms with Crippen molar-refractivity contribution < 1.29 is 9.53 Å². The lowest BCUT2D eigenvalue weighted by Gasteiger charge is -2.33. The van der Waals surface area contributed by atoms with E-state index in [-0.39, 0.29) is 23.5 Å². The van der Waals surface area contributed by atoms with Gasteiger partial charge in [0.15, 0.2) is 0 Å². The Kier molecular flexibility index (Phi) is 7.57. The van der Waals surface area contributed by atoms with Crippen LogP contribution in [0.25, 0.3) is 0 Å². The van der Waals surface area contributed by atoms with Crippen molar-refractivity contribution in [1.29, 1.82) is 5.41 Å². The Hall–Kier alpha value is -3.98. The Morgan fingerprint density at radius 2 is 1.74 bits per heavy atom. The van der Waals surface area contributed by atoms with Gasteiger partial charge in [-0.2, -0.15) is 0 Å². The van der Waals surface area contributed by atoms with Crippen LogP contribution < -0.4 is 15.8 Å². The number of rotatable bonds is 8. The second-order valence-corrected chi connectivity index (χ2v) is 8.83. The minimum atomic E-state index is 0.126. The van der Waals surface area contributed by atoms with Crippen LogP contribution in [-0.4, -0.2) is 71.2 Å². The van der Waals surface area contributed by atoms with Gasteiger partial charge in [0.1, 0.15) is 29.5 Å². The van der Waals surface area contributed by atoms with Crippen molar-refractivity contribution in [3.05, 3.63) is 72.1 Å². The number of aromatic nitrogens is 2. The summed E-state index contributed by atoms with van der Waals surface area (Å²) in [7, 11) is 3.79. The van der Waals surface area contributed by atoms with E-state index in [1.165, 1.54) is 6.33 Å². The van der Waals surface area contributed by atoms with E-state index in [2.05, 4.69) is 15.3 Å². The molecule has 35 heavy (non-hydrogen) atoms. The third kappa shape index (κ3) is 6.13. The lowest BCUT2D eigenvalue weighted by molar-refractivity contribution is -0.132. The SMILES string of the molecule is CN(C)CC(=O)N1CCC(Nc2ncnc(N)c2C(=N)c2ccc(Oc3ccccc3)cc2)CC1. The number of carbonyl (C=O) groups excluding carboxylic acids is 1. The van der Waals surface area contributed by atoms with E-state index in [0.717, 1.165) is 18.6 Å². The zero-order valence-corrected chi connectivity index (χ0v) is 20.1. The fourth-order valence-electron chi connectivity index (χ4n) is 4.05. The van der Waals surface area contributed by atoms with E-state index >= 15 is 0 Å². The van der Waals surface area contributed by atoms with Gasteiger partial charge in [-0.1, -0.05) is 18.2 Å². The zero-order chi connectivity index (χ0) is 24.8. The lowest BCUT2D eigenvalue weighted by atomic mass is 10.0. The highest BCUT2D eigenvalue weighted by Gasteiger charge is 2.25. The highest BCUT2D eigenvalue weighted by Crippen LogP contribution is 2.26. The zero-order valence-electron chi connectivity index (χ0n) is 20.1. The first kappa shape index (κ1) is 24.2. The summed E-state index contributed by atoms with van der Waals surface area (Å²) in [5, 5.41) is 12.3. The number of hydrogen-bond acceptors (Lipinski definition) is 8. The molecule has 4 N–H and O–H groups in total. The van der Waals surface area contributed by atoms with Gasteiger partial charge in [-0.15, -0.1) is 0 Å². The van der Waals surface area contributed by atoms with Crippen LogP contribution in [0.4, 0.5) is 11.6 Å². The van der Waals surface area contributed by atoms with Crippen molar-refractivity contribution in [3.63, 3.8) is 0 Å². The number of carbonyl (C=O) groups is 1. The van der Waals surface area contributed by atoms with Crippen LogP contribution in [0.2, 0.25) is 0 Å². The van der Waals surface area contributed by atoms with E-state index in [0.29, 0.717) is 42.3 Å². The number of nitrogens with one attached hydrogen (secondary N) is 2.